The van der Waals surface area contributed by atoms with Gasteiger partial charge < -0.3 is 19.4 Å². The standard InChI is InChI=1S/C23H22FN5O5S/c1-28-15(12-25-8-3-4-21(30)33-2)13-27-23(28)20-11-17-22(35-20)19(7-9-26-17)34-18-6-5-14(29(31)32)10-16(18)24/h5-7,9-11,13,25H,3-4,8,12H2,1-2H3. The lowest BCUT2D eigenvalue weighted by atomic mass is 10.3. The second kappa shape index (κ2) is 10.6. The van der Waals surface area contributed by atoms with Crippen molar-refractivity contribution in [2.75, 3.05) is 13.7 Å². The predicted octanol–water partition coefficient (Wildman–Crippen LogP) is 4.58. The minimum absolute atomic E-state index is 0.115. The largest absolute Gasteiger partial charge is 0.469 e. The van der Waals surface area contributed by atoms with Crippen molar-refractivity contribution in [3.05, 3.63) is 64.4 Å². The van der Waals surface area contributed by atoms with E-state index in [1.165, 1.54) is 30.6 Å². The summed E-state index contributed by atoms with van der Waals surface area (Å²) in [4.78, 5) is 31.2. The Balaban J connectivity index is 1.51. The number of esters is 1. The first-order chi connectivity index (χ1) is 16.9. The van der Waals surface area contributed by atoms with Crippen molar-refractivity contribution in [2.45, 2.75) is 19.4 Å². The van der Waals surface area contributed by atoms with E-state index in [1.807, 2.05) is 17.7 Å². The van der Waals surface area contributed by atoms with Crippen molar-refractivity contribution in [2.24, 2.45) is 7.05 Å². The van der Waals surface area contributed by atoms with Gasteiger partial charge in [-0.05, 0) is 25.1 Å². The van der Waals surface area contributed by atoms with Crippen LogP contribution >= 0.6 is 11.3 Å². The van der Waals surface area contributed by atoms with Gasteiger partial charge in [0.05, 0.1) is 45.1 Å². The molecule has 3 aromatic heterocycles. The first-order valence-corrected chi connectivity index (χ1v) is 11.5. The maximum atomic E-state index is 14.3. The first kappa shape index (κ1) is 24.2. The van der Waals surface area contributed by atoms with E-state index in [-0.39, 0.29) is 17.4 Å². The Morgan fingerprint density at radius 1 is 1.26 bits per heavy atom. The van der Waals surface area contributed by atoms with Crippen molar-refractivity contribution in [3.63, 3.8) is 0 Å². The average Bonchev–Trinajstić information content (AvgIpc) is 3.43. The smallest absolute Gasteiger partial charge is 0.305 e. The molecular weight excluding hydrogens is 477 g/mol. The van der Waals surface area contributed by atoms with Gasteiger partial charge in [0.25, 0.3) is 5.69 Å². The molecule has 0 amide bonds. The average molecular weight is 500 g/mol. The Bertz CT molecular complexity index is 1390. The Hall–Kier alpha value is -3.90. The number of nitro groups is 1. The molecule has 35 heavy (non-hydrogen) atoms. The minimum Gasteiger partial charge on any atom is -0.469 e. The molecule has 0 bridgehead atoms. The maximum absolute atomic E-state index is 14.3. The fourth-order valence-corrected chi connectivity index (χ4v) is 4.52. The number of pyridine rings is 1. The van der Waals surface area contributed by atoms with Gasteiger partial charge in [-0.25, -0.2) is 9.37 Å². The highest BCUT2D eigenvalue weighted by molar-refractivity contribution is 7.22. The van der Waals surface area contributed by atoms with Crippen LogP contribution in [0.4, 0.5) is 10.1 Å². The molecule has 4 rings (SSSR count). The topological polar surface area (TPSA) is 121 Å². The monoisotopic (exact) mass is 499 g/mol. The number of benzene rings is 1. The van der Waals surface area contributed by atoms with Crippen molar-refractivity contribution in [1.29, 1.82) is 0 Å². The van der Waals surface area contributed by atoms with E-state index < -0.39 is 10.7 Å². The number of hydrogen-bond donors (Lipinski definition) is 1. The van der Waals surface area contributed by atoms with Gasteiger partial charge in [-0.2, -0.15) is 0 Å². The Labute approximate surface area is 203 Å². The number of rotatable bonds is 10. The SMILES string of the molecule is COC(=O)CCCNCc1cnc(-c2cc3nccc(Oc4ccc([N+](=O)[O-])cc4F)c3s2)n1C. The van der Waals surface area contributed by atoms with Gasteiger partial charge in [0.2, 0.25) is 0 Å². The molecule has 0 aliphatic carbocycles. The molecule has 1 aromatic carbocycles. The maximum Gasteiger partial charge on any atom is 0.305 e. The summed E-state index contributed by atoms with van der Waals surface area (Å²) in [5.74, 6) is -0.0374. The van der Waals surface area contributed by atoms with Crippen LogP contribution in [0.5, 0.6) is 11.5 Å². The van der Waals surface area contributed by atoms with E-state index in [2.05, 4.69) is 20.0 Å². The second-order valence-corrected chi connectivity index (χ2v) is 8.65. The van der Waals surface area contributed by atoms with Crippen LogP contribution in [0.2, 0.25) is 0 Å². The summed E-state index contributed by atoms with van der Waals surface area (Å²) in [6.45, 7) is 1.25. The molecule has 0 saturated carbocycles. The number of imidazole rings is 1. The number of methoxy groups -OCH3 is 1. The highest BCUT2D eigenvalue weighted by Crippen LogP contribution is 2.39. The zero-order valence-corrected chi connectivity index (χ0v) is 19.8. The number of carbonyl (C=O) groups excluding carboxylic acids is 1. The number of nitrogens with one attached hydrogen (secondary N) is 1. The highest BCUT2D eigenvalue weighted by Gasteiger charge is 2.17. The fraction of sp³-hybridized carbons (Fsp3) is 0.261. The summed E-state index contributed by atoms with van der Waals surface area (Å²) in [5, 5.41) is 14.1. The van der Waals surface area contributed by atoms with Crippen LogP contribution in [-0.2, 0) is 23.1 Å². The van der Waals surface area contributed by atoms with Crippen molar-refractivity contribution < 1.29 is 23.6 Å². The zero-order valence-electron chi connectivity index (χ0n) is 19.0. The Kier molecular flexibility index (Phi) is 7.32. The fourth-order valence-electron chi connectivity index (χ4n) is 3.42. The molecule has 0 aliphatic heterocycles. The molecule has 0 atom stereocenters. The van der Waals surface area contributed by atoms with E-state index in [1.54, 1.807) is 18.5 Å². The molecule has 0 fully saturated rings. The van der Waals surface area contributed by atoms with E-state index in [9.17, 15) is 19.3 Å². The number of non-ortho nitro benzene ring substituents is 1. The molecule has 4 aromatic rings. The molecule has 0 radical (unpaired) electrons. The van der Waals surface area contributed by atoms with Crippen molar-refractivity contribution in [3.8, 4) is 22.2 Å². The number of nitro benzene ring substituents is 1. The van der Waals surface area contributed by atoms with Gasteiger partial charge in [-0.3, -0.25) is 19.9 Å². The normalized spacial score (nSPS) is 11.1. The van der Waals surface area contributed by atoms with Crippen LogP contribution in [-0.4, -0.2) is 39.1 Å². The highest BCUT2D eigenvalue weighted by atomic mass is 32.1. The molecule has 0 saturated heterocycles. The predicted molar refractivity (Wildman–Crippen MR) is 128 cm³/mol. The molecule has 1 N–H and O–H groups in total. The Morgan fingerprint density at radius 2 is 2.09 bits per heavy atom. The summed E-state index contributed by atoms with van der Waals surface area (Å²) in [6, 6.07) is 6.75. The molecular formula is C23H22FN5O5S. The molecule has 10 nitrogen and oxygen atoms in total. The van der Waals surface area contributed by atoms with E-state index in [0.717, 1.165) is 22.5 Å². The minimum atomic E-state index is -0.825. The van der Waals surface area contributed by atoms with Crippen LogP contribution in [0.15, 0.2) is 42.7 Å². The van der Waals surface area contributed by atoms with E-state index in [4.69, 9.17) is 4.74 Å². The summed E-state index contributed by atoms with van der Waals surface area (Å²) in [7, 11) is 3.29. The molecule has 0 aliphatic rings. The summed E-state index contributed by atoms with van der Waals surface area (Å²) >= 11 is 1.40. The van der Waals surface area contributed by atoms with Crippen LogP contribution in [0.25, 0.3) is 20.9 Å². The van der Waals surface area contributed by atoms with Crippen molar-refractivity contribution >= 4 is 33.2 Å². The van der Waals surface area contributed by atoms with E-state index in [0.29, 0.717) is 41.9 Å². The number of carbonyl (C=O) groups is 1. The first-order valence-electron chi connectivity index (χ1n) is 10.7. The number of nitrogens with zero attached hydrogens (tertiary/aromatic N) is 4. The van der Waals surface area contributed by atoms with Gasteiger partial charge in [-0.15, -0.1) is 11.3 Å². The van der Waals surface area contributed by atoms with E-state index >= 15 is 0 Å². The van der Waals surface area contributed by atoms with Crippen LogP contribution in [0.3, 0.4) is 0 Å². The third-order valence-electron chi connectivity index (χ3n) is 5.30. The number of hydrogen-bond acceptors (Lipinski definition) is 9. The molecule has 12 heteroatoms. The number of halogens is 1. The molecule has 182 valence electrons. The summed E-state index contributed by atoms with van der Waals surface area (Å²) in [5.41, 5.74) is 1.28. The summed E-state index contributed by atoms with van der Waals surface area (Å²) < 4.78 is 27.4. The van der Waals surface area contributed by atoms with Gasteiger partial charge in [0.15, 0.2) is 11.6 Å². The summed E-state index contributed by atoms with van der Waals surface area (Å²) in [6.07, 6.45) is 4.38. The molecule has 0 spiro atoms. The number of aromatic nitrogens is 3. The van der Waals surface area contributed by atoms with Crippen molar-refractivity contribution in [1.82, 2.24) is 19.9 Å². The lowest BCUT2D eigenvalue weighted by Crippen LogP contribution is -2.17. The third kappa shape index (κ3) is 5.44. The zero-order chi connectivity index (χ0) is 24.9. The van der Waals surface area contributed by atoms with Crippen LogP contribution < -0.4 is 10.1 Å². The lowest BCUT2D eigenvalue weighted by Gasteiger charge is -2.07. The third-order valence-corrected chi connectivity index (χ3v) is 6.43. The number of thiophene rings is 1. The number of ether oxygens (including phenoxy) is 2. The second-order valence-electron chi connectivity index (χ2n) is 7.60. The van der Waals surface area contributed by atoms with Gasteiger partial charge in [0, 0.05) is 38.3 Å². The van der Waals surface area contributed by atoms with Crippen LogP contribution in [0, 0.1) is 15.9 Å². The lowest BCUT2D eigenvalue weighted by molar-refractivity contribution is -0.385. The Morgan fingerprint density at radius 3 is 2.83 bits per heavy atom. The van der Waals surface area contributed by atoms with Gasteiger partial charge in [0.1, 0.15) is 11.6 Å². The van der Waals surface area contributed by atoms with Crippen LogP contribution in [0.1, 0.15) is 18.5 Å². The molecule has 3 heterocycles. The quantitative estimate of drug-likeness (QED) is 0.146. The van der Waals surface area contributed by atoms with Gasteiger partial charge in [-0.1, -0.05) is 0 Å². The van der Waals surface area contributed by atoms with Gasteiger partial charge >= 0.3 is 5.97 Å². The number of fused-ring (bicyclic) bond motifs is 1. The molecule has 0 unspecified atom stereocenters.